The van der Waals surface area contributed by atoms with E-state index < -0.39 is 11.7 Å². The van der Waals surface area contributed by atoms with Crippen LogP contribution in [-0.4, -0.2) is 24.7 Å². The Labute approximate surface area is 138 Å². The smallest absolute Gasteiger partial charge is 0.416 e. The van der Waals surface area contributed by atoms with Crippen molar-refractivity contribution in [1.29, 1.82) is 0 Å². The number of ether oxygens (including phenoxy) is 1. The van der Waals surface area contributed by atoms with Gasteiger partial charge in [-0.15, -0.1) is 0 Å². The normalized spacial score (nSPS) is 11.5. The van der Waals surface area contributed by atoms with E-state index in [-0.39, 0.29) is 28.9 Å². The molecular formula is C14H9ClF3N5O. The Bertz CT molecular complexity index is 821. The minimum atomic E-state index is -4.52. The number of rotatable bonds is 4. The van der Waals surface area contributed by atoms with Gasteiger partial charge in [0.2, 0.25) is 0 Å². The first-order valence-corrected chi connectivity index (χ1v) is 6.97. The van der Waals surface area contributed by atoms with Gasteiger partial charge in [-0.3, -0.25) is 0 Å². The second-order valence-corrected chi connectivity index (χ2v) is 5.02. The van der Waals surface area contributed by atoms with Crippen LogP contribution in [0.1, 0.15) is 11.1 Å². The molecule has 2 heterocycles. The van der Waals surface area contributed by atoms with Crippen molar-refractivity contribution in [3.63, 3.8) is 0 Å². The zero-order valence-electron chi connectivity index (χ0n) is 11.9. The molecule has 3 rings (SSSR count). The summed E-state index contributed by atoms with van der Waals surface area (Å²) < 4.78 is 45.7. The quantitative estimate of drug-likeness (QED) is 0.718. The van der Waals surface area contributed by atoms with Crippen LogP contribution in [0.3, 0.4) is 0 Å². The third kappa shape index (κ3) is 3.46. The fourth-order valence-corrected chi connectivity index (χ4v) is 2.17. The van der Waals surface area contributed by atoms with Gasteiger partial charge in [0, 0.05) is 10.6 Å². The number of aromatic nitrogens is 5. The maximum Gasteiger partial charge on any atom is 0.416 e. The number of nitrogens with zero attached hydrogens (tertiary/aromatic N) is 5. The molecule has 0 atom stereocenters. The second kappa shape index (κ2) is 6.44. The van der Waals surface area contributed by atoms with Crippen molar-refractivity contribution in [2.75, 3.05) is 0 Å². The van der Waals surface area contributed by atoms with Gasteiger partial charge in [0.15, 0.2) is 5.75 Å². The topological polar surface area (TPSA) is 65.7 Å². The molecule has 0 fully saturated rings. The van der Waals surface area contributed by atoms with Crippen molar-refractivity contribution in [2.24, 2.45) is 0 Å². The molecule has 3 aromatic rings. The van der Waals surface area contributed by atoms with Gasteiger partial charge in [-0.25, -0.2) is 15.0 Å². The van der Waals surface area contributed by atoms with Crippen LogP contribution >= 0.6 is 11.6 Å². The number of benzene rings is 1. The molecule has 10 heteroatoms. The Kier molecular flexibility index (Phi) is 4.34. The molecule has 0 aliphatic heterocycles. The fraction of sp³-hybridized carbons (Fsp3) is 0.143. The average molecular weight is 356 g/mol. The van der Waals surface area contributed by atoms with Gasteiger partial charge in [0.1, 0.15) is 19.3 Å². The van der Waals surface area contributed by atoms with E-state index in [2.05, 4.69) is 20.1 Å². The largest absolute Gasteiger partial charge is 0.486 e. The van der Waals surface area contributed by atoms with Gasteiger partial charge in [0.05, 0.1) is 18.0 Å². The molecule has 124 valence electrons. The molecule has 24 heavy (non-hydrogen) atoms. The van der Waals surface area contributed by atoms with Gasteiger partial charge < -0.3 is 4.74 Å². The van der Waals surface area contributed by atoms with Gasteiger partial charge >= 0.3 is 6.18 Å². The number of hydrogen-bond donors (Lipinski definition) is 0. The van der Waals surface area contributed by atoms with Crippen LogP contribution in [0, 0.1) is 0 Å². The zero-order valence-corrected chi connectivity index (χ0v) is 12.7. The molecule has 2 aromatic heterocycles. The lowest BCUT2D eigenvalue weighted by Crippen LogP contribution is -2.11. The molecule has 0 aliphatic carbocycles. The summed E-state index contributed by atoms with van der Waals surface area (Å²) in [5.41, 5.74) is -0.984. The van der Waals surface area contributed by atoms with Crippen LogP contribution in [0.25, 0.3) is 5.95 Å². The summed E-state index contributed by atoms with van der Waals surface area (Å²) in [6, 6.07) is 3.57. The number of halogens is 4. The number of hydrogen-bond acceptors (Lipinski definition) is 5. The van der Waals surface area contributed by atoms with Crippen LogP contribution in [0.2, 0.25) is 5.02 Å². The van der Waals surface area contributed by atoms with E-state index in [0.29, 0.717) is 0 Å². The van der Waals surface area contributed by atoms with Crippen molar-refractivity contribution < 1.29 is 17.9 Å². The first-order chi connectivity index (χ1) is 11.4. The molecule has 0 radical (unpaired) electrons. The summed E-state index contributed by atoms with van der Waals surface area (Å²) in [4.78, 5) is 11.8. The lowest BCUT2D eigenvalue weighted by Gasteiger charge is -2.14. The standard InChI is InChI=1S/C14H9ClF3N5O/c15-12-3-1-2-11(14(16,17)18)10(12)6-24-9-4-20-13(21-5-9)23-8-19-7-22-23/h1-5,7-8H,6H2. The molecule has 0 amide bonds. The molecule has 1 aromatic carbocycles. The molecular weight excluding hydrogens is 347 g/mol. The predicted molar refractivity (Wildman–Crippen MR) is 77.7 cm³/mol. The molecule has 6 nitrogen and oxygen atoms in total. The van der Waals surface area contributed by atoms with E-state index in [1.807, 2.05) is 0 Å². The van der Waals surface area contributed by atoms with Crippen molar-refractivity contribution >= 4 is 11.6 Å². The molecule has 0 aliphatic rings. The minimum absolute atomic E-state index is 0.0232. The number of alkyl halides is 3. The van der Waals surface area contributed by atoms with Crippen LogP contribution < -0.4 is 4.74 Å². The van der Waals surface area contributed by atoms with E-state index >= 15 is 0 Å². The summed E-state index contributed by atoms with van der Waals surface area (Å²) in [6.45, 7) is -0.361. The van der Waals surface area contributed by atoms with Crippen LogP contribution in [-0.2, 0) is 12.8 Å². The highest BCUT2D eigenvalue weighted by Crippen LogP contribution is 2.35. The van der Waals surface area contributed by atoms with Gasteiger partial charge in [-0.05, 0) is 12.1 Å². The lowest BCUT2D eigenvalue weighted by molar-refractivity contribution is -0.138. The van der Waals surface area contributed by atoms with Crippen molar-refractivity contribution in [3.05, 3.63) is 59.4 Å². The van der Waals surface area contributed by atoms with E-state index in [1.54, 1.807) is 0 Å². The van der Waals surface area contributed by atoms with E-state index in [1.165, 1.54) is 41.9 Å². The predicted octanol–water partition coefficient (Wildman–Crippen LogP) is 3.31. The van der Waals surface area contributed by atoms with E-state index in [9.17, 15) is 13.2 Å². The summed E-state index contributed by atoms with van der Waals surface area (Å²) in [5, 5.41) is 3.83. The highest BCUT2D eigenvalue weighted by molar-refractivity contribution is 6.31. The third-order valence-corrected chi connectivity index (χ3v) is 3.40. The Morgan fingerprint density at radius 3 is 2.54 bits per heavy atom. The Morgan fingerprint density at radius 2 is 1.92 bits per heavy atom. The van der Waals surface area contributed by atoms with Crippen molar-refractivity contribution in [1.82, 2.24) is 24.7 Å². The first kappa shape index (κ1) is 16.2. The van der Waals surface area contributed by atoms with Crippen LogP contribution in [0.4, 0.5) is 13.2 Å². The molecule has 0 N–H and O–H groups in total. The second-order valence-electron chi connectivity index (χ2n) is 4.61. The maximum absolute atomic E-state index is 13.0. The van der Waals surface area contributed by atoms with E-state index in [4.69, 9.17) is 16.3 Å². The monoisotopic (exact) mass is 355 g/mol. The minimum Gasteiger partial charge on any atom is -0.486 e. The maximum atomic E-state index is 13.0. The van der Waals surface area contributed by atoms with Crippen molar-refractivity contribution in [2.45, 2.75) is 12.8 Å². The van der Waals surface area contributed by atoms with Gasteiger partial charge in [-0.2, -0.15) is 23.0 Å². The zero-order chi connectivity index (χ0) is 17.2. The Morgan fingerprint density at radius 1 is 1.17 bits per heavy atom. The summed E-state index contributed by atoms with van der Waals surface area (Å²) >= 11 is 5.86. The summed E-state index contributed by atoms with van der Waals surface area (Å²) in [7, 11) is 0. The highest BCUT2D eigenvalue weighted by Gasteiger charge is 2.34. The third-order valence-electron chi connectivity index (χ3n) is 3.05. The van der Waals surface area contributed by atoms with Gasteiger partial charge in [-0.1, -0.05) is 17.7 Å². The van der Waals surface area contributed by atoms with Crippen LogP contribution in [0.5, 0.6) is 5.75 Å². The van der Waals surface area contributed by atoms with Crippen molar-refractivity contribution in [3.8, 4) is 11.7 Å². The molecule has 0 saturated carbocycles. The summed E-state index contributed by atoms with van der Waals surface area (Å²) in [5.74, 6) is 0.459. The lowest BCUT2D eigenvalue weighted by atomic mass is 10.1. The fourth-order valence-electron chi connectivity index (χ4n) is 1.94. The average Bonchev–Trinajstić information content (AvgIpc) is 3.07. The van der Waals surface area contributed by atoms with Crippen LogP contribution in [0.15, 0.2) is 43.2 Å². The highest BCUT2D eigenvalue weighted by atomic mass is 35.5. The molecule has 0 spiro atoms. The summed E-state index contributed by atoms with van der Waals surface area (Å²) in [6.07, 6.45) is 0.873. The molecule has 0 bridgehead atoms. The Hall–Kier alpha value is -2.68. The SMILES string of the molecule is FC(F)(F)c1cccc(Cl)c1COc1cnc(-n2cncn2)nc1. The first-order valence-electron chi connectivity index (χ1n) is 6.59. The molecule has 0 saturated heterocycles. The van der Waals surface area contributed by atoms with E-state index in [0.717, 1.165) is 6.07 Å². The Balaban J connectivity index is 1.77. The van der Waals surface area contributed by atoms with Gasteiger partial charge in [0.25, 0.3) is 5.95 Å². The molecule has 0 unspecified atom stereocenters.